The van der Waals surface area contributed by atoms with Crippen molar-refractivity contribution in [3.05, 3.63) is 46.4 Å². The van der Waals surface area contributed by atoms with Crippen molar-refractivity contribution in [2.75, 3.05) is 17.2 Å². The fourth-order valence-corrected chi connectivity index (χ4v) is 4.13. The lowest BCUT2D eigenvalue weighted by molar-refractivity contribution is 0.251. The molecule has 0 unspecified atom stereocenters. The van der Waals surface area contributed by atoms with Crippen LogP contribution in [0.25, 0.3) is 10.2 Å². The molecular weight excluding hydrogens is 398 g/mol. The second kappa shape index (κ2) is 8.31. The molecule has 0 aliphatic carbocycles. The number of hydrogen-bond donors (Lipinski definition) is 3. The Hall–Kier alpha value is -3.05. The van der Waals surface area contributed by atoms with Crippen molar-refractivity contribution >= 4 is 49.9 Å². The van der Waals surface area contributed by atoms with Gasteiger partial charge in [-0.2, -0.15) is 0 Å². The first-order valence-corrected chi connectivity index (χ1v) is 10.2. The largest absolute Gasteiger partial charge is 0.368 e. The van der Waals surface area contributed by atoms with Crippen LogP contribution in [-0.4, -0.2) is 32.7 Å². The molecule has 0 atom stereocenters. The molecule has 0 saturated carbocycles. The summed E-state index contributed by atoms with van der Waals surface area (Å²) in [7, 11) is 0. The maximum Gasteiger partial charge on any atom is 0.321 e. The van der Waals surface area contributed by atoms with Crippen molar-refractivity contribution in [1.29, 1.82) is 0 Å². The Bertz CT molecular complexity index is 1090. The summed E-state index contributed by atoms with van der Waals surface area (Å²) in [5, 5.41) is 15.2. The monoisotopic (exact) mass is 415 g/mol. The van der Waals surface area contributed by atoms with E-state index in [-0.39, 0.29) is 6.03 Å². The van der Waals surface area contributed by atoms with Gasteiger partial charge in [-0.15, -0.1) is 22.7 Å². The lowest BCUT2D eigenvalue weighted by atomic mass is 10.3. The number of aryl methyl sites for hydroxylation is 1. The van der Waals surface area contributed by atoms with Gasteiger partial charge in [0.25, 0.3) is 0 Å². The van der Waals surface area contributed by atoms with Gasteiger partial charge >= 0.3 is 6.03 Å². The van der Waals surface area contributed by atoms with Gasteiger partial charge in [-0.3, -0.25) is 5.32 Å². The SMILES string of the molecule is Cc1cc(CNC(=O)Nc2ncc(CCNc3ncnc4ccsc34)s2)no1. The predicted octanol–water partition coefficient (Wildman–Crippen LogP) is 3.42. The first kappa shape index (κ1) is 18.3. The van der Waals surface area contributed by atoms with E-state index in [0.717, 1.165) is 27.3 Å². The van der Waals surface area contributed by atoms with E-state index in [2.05, 4.69) is 36.1 Å². The predicted molar refractivity (Wildman–Crippen MR) is 109 cm³/mol. The zero-order valence-corrected chi connectivity index (χ0v) is 16.6. The van der Waals surface area contributed by atoms with Gasteiger partial charge in [0.05, 0.1) is 16.8 Å². The molecule has 0 radical (unpaired) electrons. The Morgan fingerprint density at radius 3 is 3.07 bits per heavy atom. The van der Waals surface area contributed by atoms with Crippen molar-refractivity contribution in [3.63, 3.8) is 0 Å². The molecule has 4 rings (SSSR count). The van der Waals surface area contributed by atoms with E-state index < -0.39 is 0 Å². The van der Waals surface area contributed by atoms with Crippen LogP contribution in [0.3, 0.4) is 0 Å². The van der Waals surface area contributed by atoms with Gasteiger partial charge in [0.2, 0.25) is 0 Å². The van der Waals surface area contributed by atoms with Crippen LogP contribution in [0.5, 0.6) is 0 Å². The minimum absolute atomic E-state index is 0.293. The summed E-state index contributed by atoms with van der Waals surface area (Å²) in [5.74, 6) is 1.54. The number of thiophene rings is 1. The average Bonchev–Trinajstić information content (AvgIpc) is 3.41. The number of thiazole rings is 1. The van der Waals surface area contributed by atoms with Gasteiger partial charge < -0.3 is 15.2 Å². The Morgan fingerprint density at radius 2 is 2.21 bits per heavy atom. The Labute approximate surface area is 168 Å². The highest BCUT2D eigenvalue weighted by Gasteiger charge is 2.09. The molecule has 0 fully saturated rings. The summed E-state index contributed by atoms with van der Waals surface area (Å²) in [6.45, 7) is 2.81. The fraction of sp³-hybridized carbons (Fsp3) is 0.235. The molecule has 0 saturated heterocycles. The number of aromatic nitrogens is 4. The molecule has 0 spiro atoms. The van der Waals surface area contributed by atoms with Gasteiger partial charge in [0.15, 0.2) is 5.13 Å². The first-order valence-electron chi connectivity index (χ1n) is 8.51. The quantitative estimate of drug-likeness (QED) is 0.423. The molecule has 4 heterocycles. The maximum atomic E-state index is 12.0. The molecule has 2 amide bonds. The van der Waals surface area contributed by atoms with E-state index in [1.165, 1.54) is 11.3 Å². The van der Waals surface area contributed by atoms with Crippen LogP contribution < -0.4 is 16.0 Å². The van der Waals surface area contributed by atoms with Gasteiger partial charge in [-0.05, 0) is 18.4 Å². The number of hydrogen-bond acceptors (Lipinski definition) is 9. The van der Waals surface area contributed by atoms with Gasteiger partial charge in [-0.1, -0.05) is 5.16 Å². The molecular formula is C17H17N7O2S2. The third-order valence-electron chi connectivity index (χ3n) is 3.79. The maximum absolute atomic E-state index is 12.0. The van der Waals surface area contributed by atoms with Crippen LogP contribution in [0.2, 0.25) is 0 Å². The molecule has 0 bridgehead atoms. The normalized spacial score (nSPS) is 10.9. The fourth-order valence-electron chi connectivity index (χ4n) is 2.51. The smallest absolute Gasteiger partial charge is 0.321 e. The number of carbonyl (C=O) groups excluding carboxylic acids is 1. The number of rotatable bonds is 7. The van der Waals surface area contributed by atoms with Gasteiger partial charge in [0, 0.05) is 30.1 Å². The third kappa shape index (κ3) is 4.43. The first-order chi connectivity index (χ1) is 13.7. The van der Waals surface area contributed by atoms with Crippen LogP contribution in [0.1, 0.15) is 16.3 Å². The zero-order chi connectivity index (χ0) is 19.3. The van der Waals surface area contributed by atoms with Crippen molar-refractivity contribution in [2.45, 2.75) is 19.9 Å². The summed E-state index contributed by atoms with van der Waals surface area (Å²) in [6, 6.07) is 3.42. The Kier molecular flexibility index (Phi) is 5.44. The summed E-state index contributed by atoms with van der Waals surface area (Å²) < 4.78 is 6.01. The molecule has 11 heteroatoms. The standard InChI is InChI=1S/C17H17N7O2S2/c1-10-6-11(24-26-10)7-19-16(25)23-17-20-8-12(28-17)2-4-18-15-14-13(3-5-27-14)21-9-22-15/h3,5-6,8-9H,2,4,7H2,1H3,(H,18,21,22)(H2,19,20,23,25). The van der Waals surface area contributed by atoms with Crippen LogP contribution in [0.4, 0.5) is 15.7 Å². The van der Waals surface area contributed by atoms with Crippen LogP contribution >= 0.6 is 22.7 Å². The van der Waals surface area contributed by atoms with E-state index in [0.29, 0.717) is 29.7 Å². The Morgan fingerprint density at radius 1 is 1.29 bits per heavy atom. The second-order valence-electron chi connectivity index (χ2n) is 5.90. The molecule has 0 aliphatic rings. The van der Waals surface area contributed by atoms with Crippen molar-refractivity contribution in [1.82, 2.24) is 25.4 Å². The zero-order valence-electron chi connectivity index (χ0n) is 14.9. The summed E-state index contributed by atoms with van der Waals surface area (Å²) in [6.07, 6.45) is 4.10. The number of nitrogens with one attached hydrogen (secondary N) is 3. The van der Waals surface area contributed by atoms with Crippen molar-refractivity contribution in [2.24, 2.45) is 0 Å². The molecule has 0 aliphatic heterocycles. The van der Waals surface area contributed by atoms with E-state index >= 15 is 0 Å². The molecule has 9 nitrogen and oxygen atoms in total. The Balaban J connectivity index is 1.25. The topological polar surface area (TPSA) is 118 Å². The summed E-state index contributed by atoms with van der Waals surface area (Å²) in [5.41, 5.74) is 1.61. The van der Waals surface area contributed by atoms with E-state index in [4.69, 9.17) is 4.52 Å². The van der Waals surface area contributed by atoms with E-state index in [9.17, 15) is 4.79 Å². The summed E-state index contributed by atoms with van der Waals surface area (Å²) in [4.78, 5) is 25.8. The highest BCUT2D eigenvalue weighted by Crippen LogP contribution is 2.25. The molecule has 4 aromatic heterocycles. The minimum Gasteiger partial charge on any atom is -0.368 e. The number of urea groups is 1. The number of fused-ring (bicyclic) bond motifs is 1. The molecule has 144 valence electrons. The summed E-state index contributed by atoms with van der Waals surface area (Å²) >= 11 is 3.05. The number of amides is 2. The van der Waals surface area contributed by atoms with E-state index in [1.807, 2.05) is 11.4 Å². The van der Waals surface area contributed by atoms with Gasteiger partial charge in [-0.25, -0.2) is 19.7 Å². The lowest BCUT2D eigenvalue weighted by Crippen LogP contribution is -2.28. The lowest BCUT2D eigenvalue weighted by Gasteiger charge is -2.04. The molecule has 3 N–H and O–H groups in total. The van der Waals surface area contributed by atoms with Crippen molar-refractivity contribution in [3.8, 4) is 0 Å². The molecule has 0 aromatic carbocycles. The van der Waals surface area contributed by atoms with Crippen LogP contribution in [-0.2, 0) is 13.0 Å². The number of nitrogens with zero attached hydrogens (tertiary/aromatic N) is 4. The molecule has 4 aromatic rings. The van der Waals surface area contributed by atoms with Gasteiger partial charge in [0.1, 0.15) is 23.6 Å². The van der Waals surface area contributed by atoms with E-state index in [1.54, 1.807) is 36.9 Å². The van der Waals surface area contributed by atoms with Crippen molar-refractivity contribution < 1.29 is 9.32 Å². The second-order valence-corrected chi connectivity index (χ2v) is 7.93. The average molecular weight is 416 g/mol. The van der Waals surface area contributed by atoms with Crippen LogP contribution in [0, 0.1) is 6.92 Å². The minimum atomic E-state index is -0.333. The number of anilines is 2. The molecule has 28 heavy (non-hydrogen) atoms. The highest BCUT2D eigenvalue weighted by atomic mass is 32.1. The van der Waals surface area contributed by atoms with Crippen LogP contribution in [0.15, 0.2) is 34.6 Å². The number of carbonyl (C=O) groups is 1. The highest BCUT2D eigenvalue weighted by molar-refractivity contribution is 7.17. The third-order valence-corrected chi connectivity index (χ3v) is 5.67.